The number of benzene rings is 1. The van der Waals surface area contributed by atoms with Gasteiger partial charge in [-0.25, -0.2) is 8.78 Å². The Balaban J connectivity index is 1.53. The Morgan fingerprint density at radius 3 is 2.53 bits per heavy atom. The first-order valence-electron chi connectivity index (χ1n) is 10.4. The van der Waals surface area contributed by atoms with E-state index in [9.17, 15) is 13.9 Å². The lowest BCUT2D eigenvalue weighted by molar-refractivity contribution is -0.0566. The van der Waals surface area contributed by atoms with E-state index in [0.29, 0.717) is 38.4 Å². The Hall–Kier alpha value is -3.05. The quantitative estimate of drug-likeness (QED) is 0.506. The molecule has 3 aromatic rings. The van der Waals surface area contributed by atoms with Crippen molar-refractivity contribution in [3.8, 4) is 12.0 Å². The zero-order valence-electron chi connectivity index (χ0n) is 17.8. The number of fused-ring (bicyclic) bond motifs is 1. The Labute approximate surface area is 183 Å². The minimum Gasteiger partial charge on any atom is -0.480 e. The standard InChI is InChI=1S/C21H26F2N6O3/c1-31-9-10-32-19-26-17(24)16-18(27-19)29(20(30)25-16)13-15-4-2-3-14(11-15)12-28-7-5-21(22,23)6-8-28/h2-4,11H,5-10,12-13H2,1H3,(H,25,30)(H2,24,26,27). The summed E-state index contributed by atoms with van der Waals surface area (Å²) in [6, 6.07) is 7.60. The van der Waals surface area contributed by atoms with E-state index >= 15 is 0 Å². The molecule has 0 atom stereocenters. The highest BCUT2D eigenvalue weighted by Gasteiger charge is 2.33. The number of anilines is 1. The van der Waals surface area contributed by atoms with Gasteiger partial charge in [0, 0.05) is 39.6 Å². The first-order valence-corrected chi connectivity index (χ1v) is 10.4. The van der Waals surface area contributed by atoms with Crippen LogP contribution in [0.25, 0.3) is 11.2 Å². The molecule has 3 heterocycles. The number of rotatable bonds is 8. The molecule has 2 aromatic heterocycles. The number of nitrogen functional groups attached to an aromatic ring is 1. The monoisotopic (exact) mass is 448 g/mol. The van der Waals surface area contributed by atoms with Gasteiger partial charge in [-0.1, -0.05) is 24.3 Å². The van der Waals surface area contributed by atoms with Crippen molar-refractivity contribution in [3.63, 3.8) is 0 Å². The summed E-state index contributed by atoms with van der Waals surface area (Å²) in [7, 11) is 1.56. The number of methoxy groups -OCH3 is 1. The molecule has 3 N–H and O–H groups in total. The third kappa shape index (κ3) is 5.05. The SMILES string of the molecule is COCCOc1nc(N)c2nc(O)n(Cc3cccc(CN4CCC(F)(F)CC4)c3)c2n1. The molecule has 0 spiro atoms. The molecule has 0 amide bonds. The summed E-state index contributed by atoms with van der Waals surface area (Å²) in [5.41, 5.74) is 8.52. The topological polar surface area (TPSA) is 112 Å². The average molecular weight is 448 g/mol. The molecule has 0 unspecified atom stereocenters. The van der Waals surface area contributed by atoms with Crippen molar-refractivity contribution in [2.75, 3.05) is 39.1 Å². The fraction of sp³-hybridized carbons (Fsp3) is 0.476. The number of hydrogen-bond acceptors (Lipinski definition) is 8. The number of aromatic nitrogens is 4. The normalized spacial score (nSPS) is 16.5. The summed E-state index contributed by atoms with van der Waals surface area (Å²) in [4.78, 5) is 14.5. The van der Waals surface area contributed by atoms with E-state index in [1.165, 1.54) is 4.57 Å². The van der Waals surface area contributed by atoms with E-state index in [4.69, 9.17) is 15.2 Å². The second-order valence-corrected chi connectivity index (χ2v) is 7.85. The van der Waals surface area contributed by atoms with Crippen LogP contribution in [0, 0.1) is 0 Å². The van der Waals surface area contributed by atoms with Crippen molar-refractivity contribution in [1.82, 2.24) is 24.4 Å². The summed E-state index contributed by atoms with van der Waals surface area (Å²) in [5.74, 6) is -2.46. The van der Waals surface area contributed by atoms with Crippen LogP contribution in [0.1, 0.15) is 24.0 Å². The van der Waals surface area contributed by atoms with Gasteiger partial charge in [-0.05, 0) is 11.1 Å². The van der Waals surface area contributed by atoms with E-state index in [0.717, 1.165) is 11.1 Å². The molecule has 1 aliphatic heterocycles. The van der Waals surface area contributed by atoms with Crippen LogP contribution in [-0.2, 0) is 17.8 Å². The third-order valence-electron chi connectivity index (χ3n) is 5.43. The van der Waals surface area contributed by atoms with Gasteiger partial charge in [0.2, 0.25) is 0 Å². The van der Waals surface area contributed by atoms with Gasteiger partial charge in [0.05, 0.1) is 13.2 Å². The number of halogens is 2. The fourth-order valence-corrected chi connectivity index (χ4v) is 3.72. The molecule has 1 saturated heterocycles. The summed E-state index contributed by atoms with van der Waals surface area (Å²) < 4.78 is 38.8. The first kappa shape index (κ1) is 22.2. The van der Waals surface area contributed by atoms with E-state index in [2.05, 4.69) is 15.0 Å². The van der Waals surface area contributed by atoms with Crippen LogP contribution in [0.3, 0.4) is 0 Å². The highest BCUT2D eigenvalue weighted by molar-refractivity contribution is 5.83. The molecule has 0 radical (unpaired) electrons. The van der Waals surface area contributed by atoms with Crippen molar-refractivity contribution in [1.29, 1.82) is 0 Å². The number of piperidine rings is 1. The number of hydrogen-bond donors (Lipinski definition) is 2. The third-order valence-corrected chi connectivity index (χ3v) is 5.43. The summed E-state index contributed by atoms with van der Waals surface area (Å²) in [6.45, 7) is 2.24. The van der Waals surface area contributed by atoms with Crippen molar-refractivity contribution < 1.29 is 23.4 Å². The Morgan fingerprint density at radius 2 is 1.81 bits per heavy atom. The number of aromatic hydroxyl groups is 1. The zero-order chi connectivity index (χ0) is 22.7. The summed E-state index contributed by atoms with van der Waals surface area (Å²) >= 11 is 0. The van der Waals surface area contributed by atoms with Crippen LogP contribution in [0.4, 0.5) is 14.6 Å². The molecule has 4 rings (SSSR count). The van der Waals surface area contributed by atoms with Crippen molar-refractivity contribution in [3.05, 3.63) is 35.4 Å². The predicted octanol–water partition coefficient (Wildman–Crippen LogP) is 2.42. The molecule has 11 heteroatoms. The molecule has 9 nitrogen and oxygen atoms in total. The van der Waals surface area contributed by atoms with Gasteiger partial charge in [-0.2, -0.15) is 15.0 Å². The maximum Gasteiger partial charge on any atom is 0.320 e. The lowest BCUT2D eigenvalue weighted by Crippen LogP contribution is -2.38. The Kier molecular flexibility index (Phi) is 6.38. The molecule has 0 aliphatic carbocycles. The van der Waals surface area contributed by atoms with E-state index in [-0.39, 0.29) is 42.8 Å². The second-order valence-electron chi connectivity index (χ2n) is 7.85. The molecule has 1 aliphatic rings. The van der Waals surface area contributed by atoms with Gasteiger partial charge in [-0.15, -0.1) is 0 Å². The molecule has 172 valence electrons. The number of alkyl halides is 2. The number of likely N-dealkylation sites (tertiary alicyclic amines) is 1. The summed E-state index contributed by atoms with van der Waals surface area (Å²) in [5, 5.41) is 10.4. The highest BCUT2D eigenvalue weighted by atomic mass is 19.3. The number of imidazole rings is 1. The second kappa shape index (κ2) is 9.21. The van der Waals surface area contributed by atoms with Gasteiger partial charge >= 0.3 is 6.01 Å². The van der Waals surface area contributed by atoms with Gasteiger partial charge in [0.25, 0.3) is 11.9 Å². The average Bonchev–Trinajstić information content (AvgIpc) is 3.06. The molecule has 0 saturated carbocycles. The van der Waals surface area contributed by atoms with Crippen LogP contribution in [0.15, 0.2) is 24.3 Å². The largest absolute Gasteiger partial charge is 0.480 e. The number of ether oxygens (including phenoxy) is 2. The van der Waals surface area contributed by atoms with Gasteiger partial charge < -0.3 is 20.3 Å². The fourth-order valence-electron chi connectivity index (χ4n) is 3.72. The van der Waals surface area contributed by atoms with E-state index in [1.54, 1.807) is 7.11 Å². The first-order chi connectivity index (χ1) is 15.3. The zero-order valence-corrected chi connectivity index (χ0v) is 17.8. The molecule has 32 heavy (non-hydrogen) atoms. The van der Waals surface area contributed by atoms with Crippen LogP contribution >= 0.6 is 0 Å². The molecule has 1 aromatic carbocycles. The lowest BCUT2D eigenvalue weighted by atomic mass is 10.1. The number of nitrogens with two attached hydrogens (primary N) is 1. The van der Waals surface area contributed by atoms with Crippen molar-refractivity contribution in [2.24, 2.45) is 0 Å². The van der Waals surface area contributed by atoms with Crippen molar-refractivity contribution in [2.45, 2.75) is 31.9 Å². The predicted molar refractivity (Wildman–Crippen MR) is 114 cm³/mol. The van der Waals surface area contributed by atoms with Crippen LogP contribution in [-0.4, -0.2) is 68.9 Å². The molecular weight excluding hydrogens is 422 g/mol. The maximum absolute atomic E-state index is 13.4. The van der Waals surface area contributed by atoms with Crippen LogP contribution in [0.2, 0.25) is 0 Å². The molecule has 0 bridgehead atoms. The van der Waals surface area contributed by atoms with Crippen molar-refractivity contribution >= 4 is 17.0 Å². The van der Waals surface area contributed by atoms with Gasteiger partial charge in [-0.3, -0.25) is 9.47 Å². The van der Waals surface area contributed by atoms with E-state index in [1.807, 2.05) is 29.2 Å². The summed E-state index contributed by atoms with van der Waals surface area (Å²) in [6.07, 6.45) is -0.227. The minimum atomic E-state index is -2.56. The molecular formula is C21H26F2N6O3. The molecule has 1 fully saturated rings. The maximum atomic E-state index is 13.4. The Morgan fingerprint density at radius 1 is 1.09 bits per heavy atom. The smallest absolute Gasteiger partial charge is 0.320 e. The van der Waals surface area contributed by atoms with Crippen LogP contribution in [0.5, 0.6) is 12.0 Å². The number of nitrogens with zero attached hydrogens (tertiary/aromatic N) is 5. The van der Waals surface area contributed by atoms with Crippen LogP contribution < -0.4 is 10.5 Å². The Bertz CT molecular complexity index is 1080. The van der Waals surface area contributed by atoms with E-state index < -0.39 is 5.92 Å². The minimum absolute atomic E-state index is 0.0730. The highest BCUT2D eigenvalue weighted by Crippen LogP contribution is 2.29. The van der Waals surface area contributed by atoms with Gasteiger partial charge in [0.15, 0.2) is 17.0 Å². The van der Waals surface area contributed by atoms with Gasteiger partial charge in [0.1, 0.15) is 6.61 Å². The lowest BCUT2D eigenvalue weighted by Gasteiger charge is -2.31.